The van der Waals surface area contributed by atoms with Gasteiger partial charge in [0, 0.05) is 18.1 Å². The molecule has 0 aromatic heterocycles. The maximum absolute atomic E-state index is 11.0. The molecule has 1 unspecified atom stereocenters. The monoisotopic (exact) mass is 270 g/mol. The second-order valence-electron chi connectivity index (χ2n) is 4.22. The van der Waals surface area contributed by atoms with Gasteiger partial charge in [-0.2, -0.15) is 0 Å². The van der Waals surface area contributed by atoms with Gasteiger partial charge < -0.3 is 14.6 Å². The fourth-order valence-corrected chi connectivity index (χ4v) is 2.13. The number of benzene rings is 1. The Morgan fingerprint density at radius 1 is 1.56 bits per heavy atom. The summed E-state index contributed by atoms with van der Waals surface area (Å²) in [7, 11) is 0. The van der Waals surface area contributed by atoms with E-state index in [4.69, 9.17) is 26.2 Å². The quantitative estimate of drug-likeness (QED) is 0.894. The molecule has 0 bridgehead atoms. The van der Waals surface area contributed by atoms with Crippen LogP contribution in [0.2, 0.25) is 5.02 Å². The van der Waals surface area contributed by atoms with Crippen LogP contribution in [0.5, 0.6) is 5.75 Å². The van der Waals surface area contributed by atoms with Crippen molar-refractivity contribution in [3.63, 3.8) is 0 Å². The fraction of sp³-hybridized carbons (Fsp3) is 0.462. The SMILES string of the molecule is O=C(O)c1ccc(Cl)cc1OCCC1CCCO1. The van der Waals surface area contributed by atoms with Crippen molar-refractivity contribution in [1.82, 2.24) is 0 Å². The number of halogens is 1. The number of ether oxygens (including phenoxy) is 2. The van der Waals surface area contributed by atoms with E-state index in [1.54, 1.807) is 0 Å². The lowest BCUT2D eigenvalue weighted by atomic mass is 10.2. The fourth-order valence-electron chi connectivity index (χ4n) is 1.96. The summed E-state index contributed by atoms with van der Waals surface area (Å²) < 4.78 is 11.0. The van der Waals surface area contributed by atoms with Crippen molar-refractivity contribution in [2.24, 2.45) is 0 Å². The van der Waals surface area contributed by atoms with Gasteiger partial charge in [0.15, 0.2) is 0 Å². The van der Waals surface area contributed by atoms with Crippen molar-refractivity contribution in [3.05, 3.63) is 28.8 Å². The smallest absolute Gasteiger partial charge is 0.339 e. The van der Waals surface area contributed by atoms with E-state index in [0.29, 0.717) is 17.4 Å². The van der Waals surface area contributed by atoms with Gasteiger partial charge in [-0.25, -0.2) is 4.79 Å². The molecular weight excluding hydrogens is 256 g/mol. The first-order valence-electron chi connectivity index (χ1n) is 5.94. The Morgan fingerprint density at radius 3 is 3.06 bits per heavy atom. The molecule has 1 saturated heterocycles. The second kappa shape index (κ2) is 6.07. The lowest BCUT2D eigenvalue weighted by Crippen LogP contribution is -2.12. The molecule has 1 aliphatic rings. The van der Waals surface area contributed by atoms with Crippen LogP contribution in [0.3, 0.4) is 0 Å². The van der Waals surface area contributed by atoms with Crippen molar-refractivity contribution in [3.8, 4) is 5.75 Å². The number of carboxylic acid groups (broad SMARTS) is 1. The number of carboxylic acids is 1. The van der Waals surface area contributed by atoms with Crippen LogP contribution in [-0.4, -0.2) is 30.4 Å². The highest BCUT2D eigenvalue weighted by molar-refractivity contribution is 6.30. The highest BCUT2D eigenvalue weighted by atomic mass is 35.5. The summed E-state index contributed by atoms with van der Waals surface area (Å²) in [5, 5.41) is 9.48. The van der Waals surface area contributed by atoms with Crippen LogP contribution >= 0.6 is 11.6 Å². The number of carbonyl (C=O) groups is 1. The van der Waals surface area contributed by atoms with E-state index < -0.39 is 5.97 Å². The molecule has 5 heteroatoms. The van der Waals surface area contributed by atoms with E-state index in [-0.39, 0.29) is 11.7 Å². The third kappa shape index (κ3) is 3.37. The molecule has 1 fully saturated rings. The molecule has 2 rings (SSSR count). The minimum absolute atomic E-state index is 0.131. The third-order valence-corrected chi connectivity index (χ3v) is 3.13. The predicted octanol–water partition coefficient (Wildman–Crippen LogP) is 2.99. The number of hydrogen-bond acceptors (Lipinski definition) is 3. The summed E-state index contributed by atoms with van der Waals surface area (Å²) >= 11 is 5.83. The first-order valence-corrected chi connectivity index (χ1v) is 6.32. The molecule has 1 atom stereocenters. The Hall–Kier alpha value is -1.26. The Bertz CT molecular complexity index is 427. The van der Waals surface area contributed by atoms with Gasteiger partial charge in [0.25, 0.3) is 0 Å². The van der Waals surface area contributed by atoms with Gasteiger partial charge >= 0.3 is 5.97 Å². The van der Waals surface area contributed by atoms with Crippen molar-refractivity contribution in [2.75, 3.05) is 13.2 Å². The number of aromatic carboxylic acids is 1. The normalized spacial score (nSPS) is 18.8. The Kier molecular flexibility index (Phi) is 4.44. The van der Waals surface area contributed by atoms with E-state index in [0.717, 1.165) is 25.9 Å². The Morgan fingerprint density at radius 2 is 2.39 bits per heavy atom. The molecule has 0 spiro atoms. The van der Waals surface area contributed by atoms with E-state index >= 15 is 0 Å². The molecule has 1 aromatic carbocycles. The van der Waals surface area contributed by atoms with Crippen molar-refractivity contribution in [2.45, 2.75) is 25.4 Å². The minimum atomic E-state index is -1.02. The van der Waals surface area contributed by atoms with E-state index in [1.165, 1.54) is 18.2 Å². The largest absolute Gasteiger partial charge is 0.493 e. The van der Waals surface area contributed by atoms with Crippen LogP contribution in [0.25, 0.3) is 0 Å². The van der Waals surface area contributed by atoms with Crippen molar-refractivity contribution < 1.29 is 19.4 Å². The zero-order chi connectivity index (χ0) is 13.0. The molecule has 1 heterocycles. The summed E-state index contributed by atoms with van der Waals surface area (Å²) in [6.45, 7) is 1.24. The van der Waals surface area contributed by atoms with Gasteiger partial charge in [0.1, 0.15) is 11.3 Å². The summed E-state index contributed by atoms with van der Waals surface area (Å²) in [4.78, 5) is 11.0. The lowest BCUT2D eigenvalue weighted by Gasteiger charge is -2.12. The molecule has 0 amide bonds. The molecule has 98 valence electrons. The van der Waals surface area contributed by atoms with Gasteiger partial charge in [0.05, 0.1) is 12.7 Å². The number of rotatable bonds is 5. The van der Waals surface area contributed by atoms with Crippen molar-refractivity contribution in [1.29, 1.82) is 0 Å². The molecule has 1 aromatic rings. The zero-order valence-electron chi connectivity index (χ0n) is 9.89. The summed E-state index contributed by atoms with van der Waals surface area (Å²) in [5.41, 5.74) is 0.131. The van der Waals surface area contributed by atoms with Gasteiger partial charge in [-0.15, -0.1) is 0 Å². The van der Waals surface area contributed by atoms with Gasteiger partial charge in [-0.1, -0.05) is 11.6 Å². The zero-order valence-corrected chi connectivity index (χ0v) is 10.7. The maximum atomic E-state index is 11.0. The predicted molar refractivity (Wildman–Crippen MR) is 67.5 cm³/mol. The Balaban J connectivity index is 1.94. The summed E-state index contributed by atoms with van der Waals surface area (Å²) in [5.74, 6) is -0.702. The molecule has 1 aliphatic heterocycles. The van der Waals surface area contributed by atoms with Gasteiger partial charge in [-0.3, -0.25) is 0 Å². The average molecular weight is 271 g/mol. The lowest BCUT2D eigenvalue weighted by molar-refractivity contribution is 0.0689. The van der Waals surface area contributed by atoms with Crippen LogP contribution in [0.15, 0.2) is 18.2 Å². The molecule has 0 radical (unpaired) electrons. The third-order valence-electron chi connectivity index (χ3n) is 2.90. The van der Waals surface area contributed by atoms with Crippen LogP contribution in [0.1, 0.15) is 29.6 Å². The first-order chi connectivity index (χ1) is 8.66. The molecule has 18 heavy (non-hydrogen) atoms. The number of hydrogen-bond donors (Lipinski definition) is 1. The van der Waals surface area contributed by atoms with E-state index in [9.17, 15) is 4.79 Å². The van der Waals surface area contributed by atoms with Crippen molar-refractivity contribution >= 4 is 17.6 Å². The highest BCUT2D eigenvalue weighted by Crippen LogP contribution is 2.24. The summed E-state index contributed by atoms with van der Waals surface area (Å²) in [6, 6.07) is 4.52. The molecule has 0 saturated carbocycles. The highest BCUT2D eigenvalue weighted by Gasteiger charge is 2.16. The second-order valence-corrected chi connectivity index (χ2v) is 4.65. The van der Waals surface area contributed by atoms with E-state index in [2.05, 4.69) is 0 Å². The van der Waals surface area contributed by atoms with E-state index in [1.807, 2.05) is 0 Å². The molecule has 1 N–H and O–H groups in total. The van der Waals surface area contributed by atoms with Crippen LogP contribution < -0.4 is 4.74 Å². The maximum Gasteiger partial charge on any atom is 0.339 e. The minimum Gasteiger partial charge on any atom is -0.493 e. The molecule has 0 aliphatic carbocycles. The van der Waals surface area contributed by atoms with Gasteiger partial charge in [0.2, 0.25) is 0 Å². The average Bonchev–Trinajstić information content (AvgIpc) is 2.82. The van der Waals surface area contributed by atoms with Crippen LogP contribution in [0, 0.1) is 0 Å². The molecular formula is C13H15ClO4. The van der Waals surface area contributed by atoms with Gasteiger partial charge in [-0.05, 0) is 31.0 Å². The van der Waals surface area contributed by atoms with Crippen LogP contribution in [0.4, 0.5) is 0 Å². The molecule has 4 nitrogen and oxygen atoms in total. The Labute approximate surface area is 110 Å². The topological polar surface area (TPSA) is 55.8 Å². The van der Waals surface area contributed by atoms with Crippen LogP contribution in [-0.2, 0) is 4.74 Å². The first kappa shape index (κ1) is 13.2. The standard InChI is InChI=1S/C13H15ClO4/c14-9-3-4-11(13(15)16)12(8-9)18-7-5-10-2-1-6-17-10/h3-4,8,10H,1-2,5-7H2,(H,15,16). The summed E-state index contributed by atoms with van der Waals surface area (Å²) in [6.07, 6.45) is 3.14.